The second-order valence-corrected chi connectivity index (χ2v) is 6.31. The molecule has 0 nitrogen and oxygen atoms in total. The zero-order valence-corrected chi connectivity index (χ0v) is 8.48. The summed E-state index contributed by atoms with van der Waals surface area (Å²) < 4.78 is 0. The smallest absolute Gasteiger partial charge is 0.00783 e. The van der Waals surface area contributed by atoms with Crippen LogP contribution in [0.5, 0.6) is 0 Å². The first-order chi connectivity index (χ1) is 5.93. The Morgan fingerprint density at radius 1 is 0.750 bits per heavy atom. The molecule has 1 heteroatoms. The van der Waals surface area contributed by atoms with Gasteiger partial charge in [0.25, 0.3) is 0 Å². The van der Waals surface area contributed by atoms with Gasteiger partial charge in [-0.2, -0.15) is 11.8 Å². The van der Waals surface area contributed by atoms with Crippen LogP contribution in [-0.4, -0.2) is 10.5 Å². The Hall–Kier alpha value is 0.350. The molecule has 0 aromatic carbocycles. The molecule has 0 radical (unpaired) electrons. The van der Waals surface area contributed by atoms with Crippen LogP contribution in [0.3, 0.4) is 0 Å². The highest BCUT2D eigenvalue weighted by Crippen LogP contribution is 2.52. The molecule has 4 atom stereocenters. The number of fused-ring (bicyclic) bond motifs is 2. The van der Waals surface area contributed by atoms with Gasteiger partial charge in [-0.1, -0.05) is 12.8 Å². The Morgan fingerprint density at radius 2 is 1.33 bits per heavy atom. The van der Waals surface area contributed by atoms with Crippen molar-refractivity contribution < 1.29 is 0 Å². The van der Waals surface area contributed by atoms with Gasteiger partial charge in [0.2, 0.25) is 0 Å². The fourth-order valence-corrected chi connectivity index (χ4v) is 5.51. The Bertz CT molecular complexity index is 142. The minimum atomic E-state index is 1.09. The molecule has 2 aliphatic carbocycles. The monoisotopic (exact) mass is 182 g/mol. The molecular formula is C11H18S. The first kappa shape index (κ1) is 7.73. The van der Waals surface area contributed by atoms with E-state index in [4.69, 9.17) is 0 Å². The molecule has 12 heavy (non-hydrogen) atoms. The van der Waals surface area contributed by atoms with Gasteiger partial charge in [0.05, 0.1) is 0 Å². The maximum atomic E-state index is 2.37. The number of rotatable bonds is 0. The Balaban J connectivity index is 1.75. The van der Waals surface area contributed by atoms with Crippen LogP contribution in [0.4, 0.5) is 0 Å². The van der Waals surface area contributed by atoms with Gasteiger partial charge >= 0.3 is 0 Å². The first-order valence-electron chi connectivity index (χ1n) is 5.59. The standard InChI is InChI=1S/C11H18S/c1-3-8-7-9-4-2-6-11(9)12-10(8)5-1/h8-11H,1-7H2/t8-,9+,10-,11-/m1/s1. The van der Waals surface area contributed by atoms with Crippen molar-refractivity contribution in [1.29, 1.82) is 0 Å². The molecule has 0 N–H and O–H groups in total. The number of hydrogen-bond acceptors (Lipinski definition) is 1. The van der Waals surface area contributed by atoms with Crippen LogP contribution in [0, 0.1) is 11.8 Å². The number of hydrogen-bond donors (Lipinski definition) is 0. The minimum Gasteiger partial charge on any atom is -0.155 e. The van der Waals surface area contributed by atoms with Crippen molar-refractivity contribution in [3.63, 3.8) is 0 Å². The zero-order chi connectivity index (χ0) is 7.97. The molecule has 2 saturated carbocycles. The van der Waals surface area contributed by atoms with E-state index in [2.05, 4.69) is 11.8 Å². The summed E-state index contributed by atoms with van der Waals surface area (Å²) in [5, 5.41) is 2.17. The maximum absolute atomic E-state index is 2.37. The minimum absolute atomic E-state index is 1.09. The predicted molar refractivity (Wildman–Crippen MR) is 54.5 cm³/mol. The van der Waals surface area contributed by atoms with E-state index in [1.807, 2.05) is 0 Å². The van der Waals surface area contributed by atoms with Crippen molar-refractivity contribution in [1.82, 2.24) is 0 Å². The molecule has 0 unspecified atom stereocenters. The SMILES string of the molecule is C1C[C@@H]2C[C@@H]3CCC[C@H]3S[C@@H]2C1. The van der Waals surface area contributed by atoms with Gasteiger partial charge in [0.15, 0.2) is 0 Å². The van der Waals surface area contributed by atoms with E-state index in [-0.39, 0.29) is 0 Å². The van der Waals surface area contributed by atoms with E-state index in [1.165, 1.54) is 12.8 Å². The molecule has 3 aliphatic rings. The van der Waals surface area contributed by atoms with Crippen LogP contribution in [0.25, 0.3) is 0 Å². The van der Waals surface area contributed by atoms with Crippen LogP contribution in [0.15, 0.2) is 0 Å². The summed E-state index contributed by atoms with van der Waals surface area (Å²) in [5.41, 5.74) is 0. The van der Waals surface area contributed by atoms with E-state index in [1.54, 1.807) is 32.1 Å². The normalized spacial score (nSPS) is 52.0. The summed E-state index contributed by atoms with van der Waals surface area (Å²) in [7, 11) is 0. The fourth-order valence-electron chi connectivity index (χ4n) is 3.52. The fraction of sp³-hybridized carbons (Fsp3) is 1.00. The average molecular weight is 182 g/mol. The van der Waals surface area contributed by atoms with Crippen LogP contribution in [0.1, 0.15) is 44.9 Å². The second-order valence-electron chi connectivity index (χ2n) is 4.83. The average Bonchev–Trinajstić information content (AvgIpc) is 2.64. The molecule has 3 rings (SSSR count). The zero-order valence-electron chi connectivity index (χ0n) is 7.67. The van der Waals surface area contributed by atoms with Crippen molar-refractivity contribution in [3.8, 4) is 0 Å². The lowest BCUT2D eigenvalue weighted by molar-refractivity contribution is 0.375. The van der Waals surface area contributed by atoms with Crippen molar-refractivity contribution in [2.24, 2.45) is 11.8 Å². The molecule has 1 saturated heterocycles. The summed E-state index contributed by atoms with van der Waals surface area (Å²) in [6, 6.07) is 0. The Labute approximate surface area is 79.5 Å². The Morgan fingerprint density at radius 3 is 1.92 bits per heavy atom. The lowest BCUT2D eigenvalue weighted by atomic mass is 9.91. The Kier molecular flexibility index (Phi) is 1.89. The molecule has 1 heterocycles. The quantitative estimate of drug-likeness (QED) is 0.553. The lowest BCUT2D eigenvalue weighted by Gasteiger charge is -2.34. The topological polar surface area (TPSA) is 0 Å². The van der Waals surface area contributed by atoms with Gasteiger partial charge in [-0.15, -0.1) is 0 Å². The van der Waals surface area contributed by atoms with Crippen LogP contribution < -0.4 is 0 Å². The van der Waals surface area contributed by atoms with Crippen molar-refractivity contribution in [3.05, 3.63) is 0 Å². The summed E-state index contributed by atoms with van der Waals surface area (Å²) >= 11 is 2.37. The van der Waals surface area contributed by atoms with Crippen LogP contribution in [0.2, 0.25) is 0 Å². The van der Waals surface area contributed by atoms with E-state index in [0.717, 1.165) is 22.3 Å². The first-order valence-corrected chi connectivity index (χ1v) is 6.53. The highest BCUT2D eigenvalue weighted by molar-refractivity contribution is 8.00. The second kappa shape index (κ2) is 2.94. The van der Waals surface area contributed by atoms with Gasteiger partial charge in [0.1, 0.15) is 0 Å². The third-order valence-corrected chi connectivity index (χ3v) is 6.07. The van der Waals surface area contributed by atoms with Gasteiger partial charge in [0, 0.05) is 10.5 Å². The van der Waals surface area contributed by atoms with E-state index >= 15 is 0 Å². The summed E-state index contributed by atoms with van der Waals surface area (Å²) in [6.45, 7) is 0. The molecule has 68 valence electrons. The number of thioether (sulfide) groups is 1. The maximum Gasteiger partial charge on any atom is 0.00783 e. The summed E-state index contributed by atoms with van der Waals surface area (Å²) in [6.07, 6.45) is 10.9. The molecule has 0 aromatic heterocycles. The molecular weight excluding hydrogens is 164 g/mol. The van der Waals surface area contributed by atoms with E-state index < -0.39 is 0 Å². The predicted octanol–water partition coefficient (Wildman–Crippen LogP) is 3.46. The summed E-state index contributed by atoms with van der Waals surface area (Å²) in [5.74, 6) is 2.27. The molecule has 1 aliphatic heterocycles. The van der Waals surface area contributed by atoms with Crippen molar-refractivity contribution in [2.75, 3.05) is 0 Å². The lowest BCUT2D eigenvalue weighted by Crippen LogP contribution is -2.27. The largest absolute Gasteiger partial charge is 0.155 e. The van der Waals surface area contributed by atoms with Gasteiger partial charge in [-0.05, 0) is 43.9 Å². The highest BCUT2D eigenvalue weighted by Gasteiger charge is 2.41. The summed E-state index contributed by atoms with van der Waals surface area (Å²) in [4.78, 5) is 0. The highest BCUT2D eigenvalue weighted by atomic mass is 32.2. The van der Waals surface area contributed by atoms with Crippen molar-refractivity contribution in [2.45, 2.75) is 55.4 Å². The molecule has 0 amide bonds. The van der Waals surface area contributed by atoms with Gasteiger partial charge < -0.3 is 0 Å². The molecule has 0 aromatic rings. The van der Waals surface area contributed by atoms with Crippen LogP contribution >= 0.6 is 11.8 Å². The van der Waals surface area contributed by atoms with Crippen LogP contribution in [-0.2, 0) is 0 Å². The van der Waals surface area contributed by atoms with E-state index in [0.29, 0.717) is 0 Å². The molecule has 3 fully saturated rings. The van der Waals surface area contributed by atoms with E-state index in [9.17, 15) is 0 Å². The third kappa shape index (κ3) is 1.13. The molecule has 0 spiro atoms. The van der Waals surface area contributed by atoms with Crippen molar-refractivity contribution >= 4 is 11.8 Å². The third-order valence-electron chi connectivity index (χ3n) is 4.13. The molecule has 0 bridgehead atoms. The van der Waals surface area contributed by atoms with Gasteiger partial charge in [-0.25, -0.2) is 0 Å². The van der Waals surface area contributed by atoms with Gasteiger partial charge in [-0.3, -0.25) is 0 Å².